The number of phenolic OH excluding ortho intramolecular Hbond substituents is 1. The number of aromatic hydroxyl groups is 1. The maximum Gasteiger partial charge on any atom is 0.177 e. The summed E-state index contributed by atoms with van der Waals surface area (Å²) in [4.78, 5) is 4.57. The number of rotatable bonds is 1. The average Bonchev–Trinajstić information content (AvgIpc) is 2.34. The minimum atomic E-state index is -3.33. The Morgan fingerprint density at radius 2 is 1.84 bits per heavy atom. The molecule has 0 aliphatic carbocycles. The number of aromatic nitrogens is 1. The summed E-state index contributed by atoms with van der Waals surface area (Å²) < 4.78 is 23.5. The number of hydrogen-bond donors (Lipinski definition) is 1. The highest BCUT2D eigenvalue weighted by atomic mass is 32.2. The largest absolute Gasteiger partial charge is 0.508 e. The van der Waals surface area contributed by atoms with E-state index in [-0.39, 0.29) is 10.6 Å². The molecule has 0 amide bonds. The Morgan fingerprint density at radius 1 is 1.05 bits per heavy atom. The Balaban J connectivity index is 2.49. The van der Waals surface area contributed by atoms with E-state index in [0.29, 0.717) is 11.0 Å². The Kier molecular flexibility index (Phi) is 2.46. The van der Waals surface area contributed by atoms with Gasteiger partial charge in [0.25, 0.3) is 0 Å². The molecule has 5 heteroatoms. The van der Waals surface area contributed by atoms with Crippen molar-refractivity contribution in [1.82, 2.24) is 4.98 Å². The van der Waals surface area contributed by atoms with E-state index >= 15 is 0 Å². The predicted molar refractivity (Wildman–Crippen MR) is 74.0 cm³/mol. The van der Waals surface area contributed by atoms with Gasteiger partial charge in [-0.2, -0.15) is 0 Å². The van der Waals surface area contributed by atoms with E-state index in [1.165, 1.54) is 6.07 Å². The van der Waals surface area contributed by atoms with E-state index in [0.717, 1.165) is 17.0 Å². The highest BCUT2D eigenvalue weighted by Crippen LogP contribution is 2.26. The number of benzene rings is 2. The van der Waals surface area contributed by atoms with Crippen LogP contribution in [-0.2, 0) is 9.84 Å². The van der Waals surface area contributed by atoms with Crippen LogP contribution in [0, 0.1) is 0 Å². The van der Waals surface area contributed by atoms with Crippen molar-refractivity contribution in [2.24, 2.45) is 0 Å². The molecule has 0 spiro atoms. The van der Waals surface area contributed by atoms with Crippen molar-refractivity contribution in [3.8, 4) is 5.75 Å². The molecule has 1 heterocycles. The number of sulfone groups is 1. The zero-order chi connectivity index (χ0) is 13.6. The van der Waals surface area contributed by atoms with Gasteiger partial charge in [-0.3, -0.25) is 0 Å². The highest BCUT2D eigenvalue weighted by molar-refractivity contribution is 7.91. The lowest BCUT2D eigenvalue weighted by molar-refractivity contribution is 0.476. The van der Waals surface area contributed by atoms with Crippen LogP contribution >= 0.6 is 0 Å². The lowest BCUT2D eigenvalue weighted by Crippen LogP contribution is -1.99. The lowest BCUT2D eigenvalue weighted by Gasteiger charge is -2.06. The maximum absolute atomic E-state index is 11.8. The fraction of sp³-hybridized carbons (Fsp3) is 0.0714. The van der Waals surface area contributed by atoms with Crippen LogP contribution < -0.4 is 0 Å². The molecule has 1 aromatic heterocycles. The average molecular weight is 273 g/mol. The summed E-state index contributed by atoms with van der Waals surface area (Å²) in [5.41, 5.74) is 1.01. The molecular formula is C14H11NO3S. The Hall–Kier alpha value is -2.14. The lowest BCUT2D eigenvalue weighted by atomic mass is 10.1. The Labute approximate surface area is 110 Å². The molecule has 0 unspecified atom stereocenters. The first-order valence-corrected chi connectivity index (χ1v) is 7.57. The van der Waals surface area contributed by atoms with Crippen LogP contribution in [0.4, 0.5) is 0 Å². The molecule has 0 radical (unpaired) electrons. The van der Waals surface area contributed by atoms with E-state index in [4.69, 9.17) is 0 Å². The fourth-order valence-corrected chi connectivity index (χ4v) is 2.95. The van der Waals surface area contributed by atoms with Crippen molar-refractivity contribution in [1.29, 1.82) is 0 Å². The third-order valence-electron chi connectivity index (χ3n) is 2.99. The first-order chi connectivity index (χ1) is 8.95. The highest BCUT2D eigenvalue weighted by Gasteiger charge is 2.13. The summed E-state index contributed by atoms with van der Waals surface area (Å²) >= 11 is 0. The summed E-state index contributed by atoms with van der Waals surface area (Å²) in [7, 11) is -3.33. The first kappa shape index (κ1) is 11.9. The van der Waals surface area contributed by atoms with Crippen LogP contribution in [0.3, 0.4) is 0 Å². The Morgan fingerprint density at radius 3 is 2.58 bits per heavy atom. The van der Waals surface area contributed by atoms with E-state index in [9.17, 15) is 13.5 Å². The van der Waals surface area contributed by atoms with Crippen LogP contribution in [0.2, 0.25) is 0 Å². The molecule has 1 N–H and O–H groups in total. The van der Waals surface area contributed by atoms with Gasteiger partial charge in [0.15, 0.2) is 9.84 Å². The molecule has 0 aliphatic heterocycles. The van der Waals surface area contributed by atoms with Crippen molar-refractivity contribution in [2.45, 2.75) is 4.90 Å². The van der Waals surface area contributed by atoms with Gasteiger partial charge in [0.1, 0.15) is 5.75 Å². The summed E-state index contributed by atoms with van der Waals surface area (Å²) in [5, 5.41) is 11.1. The van der Waals surface area contributed by atoms with E-state index in [2.05, 4.69) is 4.98 Å². The molecule has 2 aromatic carbocycles. The summed E-state index contributed by atoms with van der Waals surface area (Å²) in [6.07, 6.45) is 1.16. The number of fused-ring (bicyclic) bond motifs is 2. The number of hydrogen-bond acceptors (Lipinski definition) is 4. The second kappa shape index (κ2) is 3.93. The van der Waals surface area contributed by atoms with Crippen molar-refractivity contribution >= 4 is 31.6 Å². The second-order valence-electron chi connectivity index (χ2n) is 4.47. The molecule has 0 bridgehead atoms. The monoisotopic (exact) mass is 273 g/mol. The van der Waals surface area contributed by atoms with Gasteiger partial charge in [0.05, 0.1) is 15.9 Å². The van der Waals surface area contributed by atoms with Crippen LogP contribution in [0.15, 0.2) is 47.4 Å². The molecule has 0 atom stereocenters. The molecule has 0 saturated heterocycles. The van der Waals surface area contributed by atoms with E-state index in [1.807, 2.05) is 12.1 Å². The number of pyridine rings is 1. The van der Waals surface area contributed by atoms with Gasteiger partial charge in [-0.05, 0) is 24.3 Å². The van der Waals surface area contributed by atoms with Crippen LogP contribution in [0.25, 0.3) is 21.8 Å². The molecule has 3 rings (SSSR count). The van der Waals surface area contributed by atoms with Gasteiger partial charge in [0.2, 0.25) is 0 Å². The third kappa shape index (κ3) is 2.02. The molecule has 4 nitrogen and oxygen atoms in total. The molecule has 3 aromatic rings. The maximum atomic E-state index is 11.8. The Bertz CT molecular complexity index is 901. The SMILES string of the molecule is CS(=O)(=O)c1cccc2cc3ccc(O)cc3nc12. The molecule has 19 heavy (non-hydrogen) atoms. The van der Waals surface area contributed by atoms with Gasteiger partial charge in [-0.25, -0.2) is 13.4 Å². The zero-order valence-electron chi connectivity index (χ0n) is 10.2. The van der Waals surface area contributed by atoms with Gasteiger partial charge < -0.3 is 5.11 Å². The van der Waals surface area contributed by atoms with Gasteiger partial charge in [0, 0.05) is 23.1 Å². The number of nitrogens with zero attached hydrogens (tertiary/aromatic N) is 1. The first-order valence-electron chi connectivity index (χ1n) is 5.68. The van der Waals surface area contributed by atoms with Crippen molar-refractivity contribution in [2.75, 3.05) is 6.26 Å². The van der Waals surface area contributed by atoms with E-state index in [1.54, 1.807) is 24.3 Å². The van der Waals surface area contributed by atoms with Crippen LogP contribution in [-0.4, -0.2) is 24.8 Å². The normalized spacial score (nSPS) is 12.1. The molecular weight excluding hydrogens is 262 g/mol. The zero-order valence-corrected chi connectivity index (χ0v) is 11.0. The molecule has 0 fully saturated rings. The number of para-hydroxylation sites is 1. The predicted octanol–water partition coefficient (Wildman–Crippen LogP) is 2.50. The summed E-state index contributed by atoms with van der Waals surface area (Å²) in [6, 6.07) is 11.8. The smallest absolute Gasteiger partial charge is 0.177 e. The molecule has 0 aliphatic rings. The van der Waals surface area contributed by atoms with Crippen molar-refractivity contribution in [3.63, 3.8) is 0 Å². The minimum Gasteiger partial charge on any atom is -0.508 e. The fourth-order valence-electron chi connectivity index (χ4n) is 2.11. The van der Waals surface area contributed by atoms with Gasteiger partial charge in [-0.15, -0.1) is 0 Å². The quantitative estimate of drug-likeness (QED) is 0.692. The summed E-state index contributed by atoms with van der Waals surface area (Å²) in [6.45, 7) is 0. The van der Waals surface area contributed by atoms with Crippen molar-refractivity contribution in [3.05, 3.63) is 42.5 Å². The topological polar surface area (TPSA) is 67.3 Å². The van der Waals surface area contributed by atoms with E-state index < -0.39 is 9.84 Å². The second-order valence-corrected chi connectivity index (χ2v) is 6.45. The number of phenols is 1. The van der Waals surface area contributed by atoms with Gasteiger partial charge >= 0.3 is 0 Å². The minimum absolute atomic E-state index is 0.108. The van der Waals surface area contributed by atoms with Crippen LogP contribution in [0.1, 0.15) is 0 Å². The standard InChI is InChI=1S/C14H11NO3S/c1-19(17,18)13-4-2-3-10-7-9-5-6-11(16)8-12(9)15-14(10)13/h2-8,16H,1H3. The van der Waals surface area contributed by atoms with Gasteiger partial charge in [-0.1, -0.05) is 12.1 Å². The van der Waals surface area contributed by atoms with Crippen LogP contribution in [0.5, 0.6) is 5.75 Å². The molecule has 0 saturated carbocycles. The van der Waals surface area contributed by atoms with Crippen molar-refractivity contribution < 1.29 is 13.5 Å². The third-order valence-corrected chi connectivity index (χ3v) is 4.12. The summed E-state index contributed by atoms with van der Waals surface area (Å²) in [5.74, 6) is 0.108. The molecule has 96 valence electrons.